The normalized spacial score (nSPS) is 12.3. The molecule has 1 atom stereocenters. The van der Waals surface area contributed by atoms with Gasteiger partial charge in [0.25, 0.3) is 5.56 Å². The van der Waals surface area contributed by atoms with Crippen molar-refractivity contribution in [1.82, 2.24) is 19.5 Å². The minimum absolute atomic E-state index is 0.0219. The number of hydrogen-bond donors (Lipinski definition) is 1. The molecule has 0 saturated heterocycles. The van der Waals surface area contributed by atoms with E-state index in [-0.39, 0.29) is 11.5 Å². The number of carbonyl (C=O) groups is 1. The topological polar surface area (TPSA) is 68.4 Å². The molecule has 0 aliphatic rings. The first-order valence-corrected chi connectivity index (χ1v) is 10.4. The number of aromatic nitrogens is 3. The van der Waals surface area contributed by atoms with Crippen molar-refractivity contribution >= 4 is 22.5 Å². The SMILES string of the molecule is CC[C@H](C(=O)NCCCc1ccccc1)n1c2ccccc2c2nc(=O)cc(C)n21. The fraction of sp³-hybridized carbons (Fsp3) is 0.292. The summed E-state index contributed by atoms with van der Waals surface area (Å²) in [4.78, 5) is 29.4. The molecule has 6 nitrogen and oxygen atoms in total. The molecule has 30 heavy (non-hydrogen) atoms. The van der Waals surface area contributed by atoms with Crippen LogP contribution >= 0.6 is 0 Å². The highest BCUT2D eigenvalue weighted by atomic mass is 16.2. The molecule has 2 heterocycles. The van der Waals surface area contributed by atoms with Crippen molar-refractivity contribution in [1.29, 1.82) is 0 Å². The Labute approximate surface area is 175 Å². The number of aryl methyl sites for hydroxylation is 2. The molecule has 0 fully saturated rings. The van der Waals surface area contributed by atoms with Crippen molar-refractivity contribution in [3.05, 3.63) is 82.3 Å². The fourth-order valence-corrected chi connectivity index (χ4v) is 4.05. The maximum Gasteiger partial charge on any atom is 0.273 e. The van der Waals surface area contributed by atoms with E-state index >= 15 is 0 Å². The Hall–Kier alpha value is -3.41. The summed E-state index contributed by atoms with van der Waals surface area (Å²) in [6.07, 6.45) is 2.44. The van der Waals surface area contributed by atoms with Crippen LogP contribution < -0.4 is 10.9 Å². The van der Waals surface area contributed by atoms with Crippen LogP contribution in [0.3, 0.4) is 0 Å². The molecule has 0 spiro atoms. The minimum Gasteiger partial charge on any atom is -0.354 e. The van der Waals surface area contributed by atoms with Crippen LogP contribution in [-0.2, 0) is 11.2 Å². The number of carbonyl (C=O) groups excluding carboxylic acids is 1. The first-order chi connectivity index (χ1) is 14.6. The van der Waals surface area contributed by atoms with Crippen molar-refractivity contribution in [2.24, 2.45) is 0 Å². The molecule has 4 rings (SSSR count). The molecule has 154 valence electrons. The van der Waals surface area contributed by atoms with E-state index in [9.17, 15) is 9.59 Å². The van der Waals surface area contributed by atoms with Crippen LogP contribution in [0.2, 0.25) is 0 Å². The predicted octanol–water partition coefficient (Wildman–Crippen LogP) is 3.66. The van der Waals surface area contributed by atoms with Gasteiger partial charge in [-0.1, -0.05) is 49.4 Å². The van der Waals surface area contributed by atoms with E-state index in [1.165, 1.54) is 11.6 Å². The molecular formula is C24H26N4O2. The first kappa shape index (κ1) is 19.9. The third-order valence-electron chi connectivity index (χ3n) is 5.46. The molecule has 0 unspecified atom stereocenters. The van der Waals surface area contributed by atoms with Crippen molar-refractivity contribution < 1.29 is 4.79 Å². The fourth-order valence-electron chi connectivity index (χ4n) is 4.05. The molecule has 0 radical (unpaired) electrons. The van der Waals surface area contributed by atoms with Crippen molar-refractivity contribution in [3.63, 3.8) is 0 Å². The lowest BCUT2D eigenvalue weighted by Crippen LogP contribution is -2.35. The zero-order valence-corrected chi connectivity index (χ0v) is 17.3. The minimum atomic E-state index is -0.396. The van der Waals surface area contributed by atoms with E-state index in [0.29, 0.717) is 18.6 Å². The number of para-hydroxylation sites is 1. The van der Waals surface area contributed by atoms with Crippen molar-refractivity contribution in [3.8, 4) is 0 Å². The van der Waals surface area contributed by atoms with Gasteiger partial charge < -0.3 is 5.32 Å². The second-order valence-corrected chi connectivity index (χ2v) is 7.54. The van der Waals surface area contributed by atoms with Crippen molar-refractivity contribution in [2.75, 3.05) is 6.54 Å². The van der Waals surface area contributed by atoms with Gasteiger partial charge in [0.2, 0.25) is 5.91 Å². The maximum absolute atomic E-state index is 13.1. The zero-order valence-electron chi connectivity index (χ0n) is 17.3. The number of hydrogen-bond acceptors (Lipinski definition) is 3. The van der Waals surface area contributed by atoms with Gasteiger partial charge in [0.15, 0.2) is 5.65 Å². The van der Waals surface area contributed by atoms with Gasteiger partial charge in [0, 0.05) is 23.7 Å². The number of benzene rings is 2. The lowest BCUT2D eigenvalue weighted by molar-refractivity contribution is -0.124. The quantitative estimate of drug-likeness (QED) is 0.480. The third kappa shape index (κ3) is 3.73. The number of nitrogens with one attached hydrogen (secondary N) is 1. The van der Waals surface area contributed by atoms with Crippen LogP contribution in [0.1, 0.15) is 37.1 Å². The molecule has 0 saturated carbocycles. The Kier molecular flexibility index (Phi) is 5.65. The van der Waals surface area contributed by atoms with Gasteiger partial charge in [-0.15, -0.1) is 0 Å². The summed E-state index contributed by atoms with van der Waals surface area (Å²) in [5.41, 5.74) is 3.24. The van der Waals surface area contributed by atoms with Crippen LogP contribution in [0.4, 0.5) is 0 Å². The second-order valence-electron chi connectivity index (χ2n) is 7.54. The second kappa shape index (κ2) is 8.53. The van der Waals surface area contributed by atoms with E-state index < -0.39 is 6.04 Å². The summed E-state index contributed by atoms with van der Waals surface area (Å²) >= 11 is 0. The van der Waals surface area contributed by atoms with Gasteiger partial charge in [-0.3, -0.25) is 14.3 Å². The molecule has 6 heteroatoms. The largest absolute Gasteiger partial charge is 0.354 e. The summed E-state index contributed by atoms with van der Waals surface area (Å²) in [5.74, 6) is -0.0219. The summed E-state index contributed by atoms with van der Waals surface area (Å²) in [6.45, 7) is 4.49. The predicted molar refractivity (Wildman–Crippen MR) is 119 cm³/mol. The van der Waals surface area contributed by atoms with Gasteiger partial charge in [0.1, 0.15) is 6.04 Å². The molecular weight excluding hydrogens is 376 g/mol. The summed E-state index contributed by atoms with van der Waals surface area (Å²) in [7, 11) is 0. The number of rotatable bonds is 7. The average Bonchev–Trinajstić information content (AvgIpc) is 3.07. The molecule has 0 aliphatic heterocycles. The Balaban J connectivity index is 1.62. The molecule has 0 bridgehead atoms. The Bertz CT molecular complexity index is 1240. The van der Waals surface area contributed by atoms with E-state index in [1.54, 1.807) is 0 Å². The Morgan fingerprint density at radius 3 is 2.60 bits per heavy atom. The van der Waals surface area contributed by atoms with Crippen LogP contribution in [0.25, 0.3) is 16.6 Å². The summed E-state index contributed by atoms with van der Waals surface area (Å²) in [6, 6.07) is 19.2. The zero-order chi connectivity index (χ0) is 21.1. The molecule has 1 amide bonds. The molecule has 2 aromatic carbocycles. The number of amides is 1. The number of fused-ring (bicyclic) bond motifs is 3. The highest BCUT2D eigenvalue weighted by Gasteiger charge is 2.24. The smallest absolute Gasteiger partial charge is 0.273 e. The van der Waals surface area contributed by atoms with Gasteiger partial charge in [0.05, 0.1) is 5.52 Å². The van der Waals surface area contributed by atoms with Crippen LogP contribution in [0, 0.1) is 6.92 Å². The molecule has 1 N–H and O–H groups in total. The number of nitrogens with zero attached hydrogens (tertiary/aromatic N) is 3. The molecule has 0 aliphatic carbocycles. The van der Waals surface area contributed by atoms with Crippen LogP contribution in [0.5, 0.6) is 0 Å². The highest BCUT2D eigenvalue weighted by Crippen LogP contribution is 2.26. The van der Waals surface area contributed by atoms with E-state index in [0.717, 1.165) is 29.4 Å². The lowest BCUT2D eigenvalue weighted by Gasteiger charge is -2.20. The van der Waals surface area contributed by atoms with Gasteiger partial charge in [-0.2, -0.15) is 4.98 Å². The molecule has 2 aromatic heterocycles. The standard InChI is InChI=1S/C24H26N4O2/c1-3-20(24(30)25-15-9-12-18-10-5-4-6-11-18)28-21-14-8-7-13-19(21)23-26-22(29)16-17(2)27(23)28/h4-8,10-11,13-14,16,20H,3,9,12,15H2,1-2H3,(H,25,30)/t20-/m1/s1. The van der Waals surface area contributed by atoms with E-state index in [1.807, 2.05) is 65.5 Å². The Morgan fingerprint density at radius 1 is 1.10 bits per heavy atom. The maximum atomic E-state index is 13.1. The molecule has 4 aromatic rings. The van der Waals surface area contributed by atoms with Gasteiger partial charge >= 0.3 is 0 Å². The summed E-state index contributed by atoms with van der Waals surface area (Å²) in [5, 5.41) is 3.97. The average molecular weight is 402 g/mol. The van der Waals surface area contributed by atoms with Crippen molar-refractivity contribution in [2.45, 2.75) is 39.2 Å². The highest BCUT2D eigenvalue weighted by molar-refractivity contribution is 5.94. The van der Waals surface area contributed by atoms with E-state index in [4.69, 9.17) is 0 Å². The third-order valence-corrected chi connectivity index (χ3v) is 5.46. The van der Waals surface area contributed by atoms with Gasteiger partial charge in [-0.25, -0.2) is 4.52 Å². The monoisotopic (exact) mass is 402 g/mol. The van der Waals surface area contributed by atoms with E-state index in [2.05, 4.69) is 22.4 Å². The summed E-state index contributed by atoms with van der Waals surface area (Å²) < 4.78 is 3.86. The Morgan fingerprint density at radius 2 is 1.83 bits per heavy atom. The van der Waals surface area contributed by atoms with Crippen LogP contribution in [-0.4, -0.2) is 26.6 Å². The lowest BCUT2D eigenvalue weighted by atomic mass is 10.1. The first-order valence-electron chi connectivity index (χ1n) is 10.4. The van der Waals surface area contributed by atoms with Gasteiger partial charge in [-0.05, 0) is 43.9 Å². The van der Waals surface area contributed by atoms with Crippen LogP contribution in [0.15, 0.2) is 65.5 Å².